The number of carbonyl (C=O) groups is 1. The Bertz CT molecular complexity index is 391. The van der Waals surface area contributed by atoms with Crippen LogP contribution < -0.4 is 0 Å². The lowest BCUT2D eigenvalue weighted by atomic mass is 10.2. The molecule has 0 spiro atoms. The number of aromatic nitrogens is 2. The van der Waals surface area contributed by atoms with Crippen molar-refractivity contribution >= 4 is 17.7 Å². The normalized spacial score (nSPS) is 10.9. The number of carbonyl (C=O) groups excluding carboxylic acids is 1. The zero-order valence-electron chi connectivity index (χ0n) is 11.0. The van der Waals surface area contributed by atoms with Crippen LogP contribution in [0.15, 0.2) is 11.4 Å². The molecular formula is C12H20N2O3S. The Hall–Kier alpha value is -1.01. The van der Waals surface area contributed by atoms with Crippen LogP contribution >= 0.6 is 11.8 Å². The van der Waals surface area contributed by atoms with Crippen molar-refractivity contribution in [3.63, 3.8) is 0 Å². The van der Waals surface area contributed by atoms with Gasteiger partial charge in [0.2, 0.25) is 0 Å². The molecule has 0 fully saturated rings. The van der Waals surface area contributed by atoms with Crippen LogP contribution in [0, 0.1) is 5.92 Å². The lowest BCUT2D eigenvalue weighted by Gasteiger charge is -2.12. The molecule has 1 aromatic heterocycles. The Balaban J connectivity index is 2.69. The number of aliphatic hydroxyl groups is 1. The van der Waals surface area contributed by atoms with E-state index in [1.54, 1.807) is 13.1 Å². The van der Waals surface area contributed by atoms with Crippen molar-refractivity contribution in [2.24, 2.45) is 5.92 Å². The Morgan fingerprint density at radius 1 is 1.61 bits per heavy atom. The largest absolute Gasteiger partial charge is 0.465 e. The summed E-state index contributed by atoms with van der Waals surface area (Å²) in [5.41, 5.74) is 0.773. The molecule has 0 amide bonds. The van der Waals surface area contributed by atoms with Crippen LogP contribution in [0.1, 0.15) is 26.5 Å². The summed E-state index contributed by atoms with van der Waals surface area (Å²) >= 11 is 1.34. The van der Waals surface area contributed by atoms with E-state index in [4.69, 9.17) is 4.74 Å². The number of hydrogen-bond acceptors (Lipinski definition) is 5. The second-order valence-electron chi connectivity index (χ2n) is 4.29. The van der Waals surface area contributed by atoms with Crippen LogP contribution in [-0.4, -0.2) is 33.0 Å². The highest BCUT2D eigenvalue weighted by atomic mass is 32.2. The third-order valence-corrected chi connectivity index (χ3v) is 3.20. The molecular weight excluding hydrogens is 252 g/mol. The van der Waals surface area contributed by atoms with Crippen LogP contribution in [0.2, 0.25) is 0 Å². The van der Waals surface area contributed by atoms with E-state index < -0.39 is 0 Å². The standard InChI is InChI=1S/C12H20N2O3S/c1-4-17-11(16)8-18-12-13-5-10(7-15)14(12)6-9(2)3/h5,9,15H,4,6-8H2,1-3H3. The fraction of sp³-hybridized carbons (Fsp3) is 0.667. The first-order chi connectivity index (χ1) is 8.58. The minimum atomic E-state index is -0.243. The molecule has 0 atom stereocenters. The lowest BCUT2D eigenvalue weighted by Crippen LogP contribution is -2.11. The summed E-state index contributed by atoms with van der Waals surface area (Å²) in [6.45, 7) is 7.11. The molecule has 1 aromatic rings. The monoisotopic (exact) mass is 272 g/mol. The van der Waals surface area contributed by atoms with Gasteiger partial charge in [0.25, 0.3) is 0 Å². The zero-order valence-corrected chi connectivity index (χ0v) is 11.9. The molecule has 1 N–H and O–H groups in total. The summed E-state index contributed by atoms with van der Waals surface area (Å²) < 4.78 is 6.82. The highest BCUT2D eigenvalue weighted by molar-refractivity contribution is 7.99. The van der Waals surface area contributed by atoms with Crippen molar-refractivity contribution in [1.82, 2.24) is 9.55 Å². The highest BCUT2D eigenvalue weighted by Crippen LogP contribution is 2.20. The van der Waals surface area contributed by atoms with Crippen LogP contribution in [0.5, 0.6) is 0 Å². The van der Waals surface area contributed by atoms with Crippen molar-refractivity contribution in [2.45, 2.75) is 39.1 Å². The summed E-state index contributed by atoms with van der Waals surface area (Å²) in [6, 6.07) is 0. The van der Waals surface area contributed by atoms with Gasteiger partial charge in [0.1, 0.15) is 0 Å². The first-order valence-electron chi connectivity index (χ1n) is 6.02. The van der Waals surface area contributed by atoms with Gasteiger partial charge in [0.05, 0.1) is 30.9 Å². The average Bonchev–Trinajstić information content (AvgIpc) is 2.68. The molecule has 0 saturated carbocycles. The fourth-order valence-corrected chi connectivity index (χ4v) is 2.33. The Morgan fingerprint density at radius 3 is 2.89 bits per heavy atom. The molecule has 102 valence electrons. The van der Waals surface area contributed by atoms with Crippen molar-refractivity contribution < 1.29 is 14.6 Å². The highest BCUT2D eigenvalue weighted by Gasteiger charge is 2.13. The Kier molecular flexibility index (Phi) is 6.21. The van der Waals surface area contributed by atoms with Gasteiger partial charge >= 0.3 is 5.97 Å². The first kappa shape index (κ1) is 15.0. The maximum absolute atomic E-state index is 11.3. The summed E-state index contributed by atoms with van der Waals surface area (Å²) in [4.78, 5) is 15.5. The molecule has 1 rings (SSSR count). The third-order valence-electron chi connectivity index (χ3n) is 2.24. The van der Waals surface area contributed by atoms with E-state index in [1.165, 1.54) is 11.8 Å². The second-order valence-corrected chi connectivity index (χ2v) is 5.23. The van der Waals surface area contributed by atoms with Gasteiger partial charge in [0.15, 0.2) is 5.16 Å². The van der Waals surface area contributed by atoms with E-state index in [2.05, 4.69) is 18.8 Å². The number of thioether (sulfide) groups is 1. The predicted octanol–water partition coefficient (Wildman–Crippen LogP) is 1.69. The minimum Gasteiger partial charge on any atom is -0.465 e. The van der Waals surface area contributed by atoms with Gasteiger partial charge in [-0.25, -0.2) is 4.98 Å². The molecule has 1 heterocycles. The Morgan fingerprint density at radius 2 is 2.33 bits per heavy atom. The molecule has 6 heteroatoms. The van der Waals surface area contributed by atoms with E-state index in [0.717, 1.165) is 17.4 Å². The maximum atomic E-state index is 11.3. The minimum absolute atomic E-state index is 0.0420. The maximum Gasteiger partial charge on any atom is 0.316 e. The molecule has 0 aliphatic rings. The van der Waals surface area contributed by atoms with Gasteiger partial charge in [0, 0.05) is 6.54 Å². The number of esters is 1. The molecule has 0 aromatic carbocycles. The van der Waals surface area contributed by atoms with E-state index >= 15 is 0 Å². The van der Waals surface area contributed by atoms with Gasteiger partial charge in [-0.05, 0) is 12.8 Å². The molecule has 0 radical (unpaired) electrons. The lowest BCUT2D eigenvalue weighted by molar-refractivity contribution is -0.139. The number of aliphatic hydroxyl groups excluding tert-OH is 1. The number of nitrogens with zero attached hydrogens (tertiary/aromatic N) is 2. The summed E-state index contributed by atoms with van der Waals surface area (Å²) in [7, 11) is 0. The molecule has 0 saturated heterocycles. The second kappa shape index (κ2) is 7.43. The van der Waals surface area contributed by atoms with E-state index in [1.807, 2.05) is 4.57 Å². The van der Waals surface area contributed by atoms with Gasteiger partial charge < -0.3 is 14.4 Å². The topological polar surface area (TPSA) is 64.3 Å². The van der Waals surface area contributed by atoms with Gasteiger partial charge in [-0.1, -0.05) is 25.6 Å². The van der Waals surface area contributed by atoms with Gasteiger partial charge in [-0.2, -0.15) is 0 Å². The number of imidazole rings is 1. The average molecular weight is 272 g/mol. The van der Waals surface area contributed by atoms with Crippen LogP contribution in [0.4, 0.5) is 0 Å². The number of rotatable bonds is 7. The summed E-state index contributed by atoms with van der Waals surface area (Å²) in [5.74, 6) is 0.451. The third kappa shape index (κ3) is 4.34. The van der Waals surface area contributed by atoms with Crippen LogP contribution in [0.3, 0.4) is 0 Å². The summed E-state index contributed by atoms with van der Waals surface area (Å²) in [5, 5.41) is 10.00. The predicted molar refractivity (Wildman–Crippen MR) is 70.3 cm³/mol. The molecule has 18 heavy (non-hydrogen) atoms. The first-order valence-corrected chi connectivity index (χ1v) is 7.00. The molecule has 0 aliphatic carbocycles. The number of hydrogen-bond donors (Lipinski definition) is 1. The van der Waals surface area contributed by atoms with E-state index in [0.29, 0.717) is 12.5 Å². The molecule has 0 unspecified atom stereocenters. The zero-order chi connectivity index (χ0) is 13.5. The van der Waals surface area contributed by atoms with Crippen molar-refractivity contribution in [3.8, 4) is 0 Å². The van der Waals surface area contributed by atoms with E-state index in [-0.39, 0.29) is 18.3 Å². The van der Waals surface area contributed by atoms with E-state index in [9.17, 15) is 9.90 Å². The van der Waals surface area contributed by atoms with Crippen molar-refractivity contribution in [2.75, 3.05) is 12.4 Å². The quantitative estimate of drug-likeness (QED) is 0.604. The Labute approximate surface area is 112 Å². The van der Waals surface area contributed by atoms with Crippen molar-refractivity contribution in [1.29, 1.82) is 0 Å². The molecule has 0 aliphatic heterocycles. The fourth-order valence-electron chi connectivity index (χ4n) is 1.52. The van der Waals surface area contributed by atoms with Crippen LogP contribution in [-0.2, 0) is 22.7 Å². The molecule has 0 bridgehead atoms. The SMILES string of the molecule is CCOC(=O)CSc1ncc(CO)n1CC(C)C. The number of ether oxygens (including phenoxy) is 1. The summed E-state index contributed by atoms with van der Waals surface area (Å²) in [6.07, 6.45) is 1.65. The molecule has 5 nitrogen and oxygen atoms in total. The van der Waals surface area contributed by atoms with Gasteiger partial charge in [-0.15, -0.1) is 0 Å². The van der Waals surface area contributed by atoms with Gasteiger partial charge in [-0.3, -0.25) is 4.79 Å². The smallest absolute Gasteiger partial charge is 0.316 e. The van der Waals surface area contributed by atoms with Crippen molar-refractivity contribution in [3.05, 3.63) is 11.9 Å². The van der Waals surface area contributed by atoms with Crippen LogP contribution in [0.25, 0.3) is 0 Å².